The summed E-state index contributed by atoms with van der Waals surface area (Å²) in [5.74, 6) is -0.252. The standard InChI is InChI=1S/C24H47N3O4/c1-4-5-6-7-8-9-10-11-14-21(29)18-27(17-19(2)28)16-13-12-15-22-24(31)25-20(3)23(30)26-22/h19-22,28-29H,4-18H2,1-3H3,(H,25,31)(H,26,30). The van der Waals surface area contributed by atoms with Gasteiger partial charge in [-0.25, -0.2) is 0 Å². The van der Waals surface area contributed by atoms with Crippen molar-refractivity contribution in [2.75, 3.05) is 19.6 Å². The Labute approximate surface area is 189 Å². The maximum absolute atomic E-state index is 12.0. The SMILES string of the molecule is CCCCCCCCCCC(O)CN(CCCCC1NC(=O)C(C)NC1=O)CC(C)O. The molecule has 31 heavy (non-hydrogen) atoms. The Kier molecular flexibility index (Phi) is 14.8. The molecular weight excluding hydrogens is 394 g/mol. The molecule has 7 heteroatoms. The molecule has 2 amide bonds. The van der Waals surface area contributed by atoms with E-state index in [1.807, 2.05) is 0 Å². The van der Waals surface area contributed by atoms with E-state index in [2.05, 4.69) is 22.5 Å². The van der Waals surface area contributed by atoms with Crippen molar-refractivity contribution in [1.29, 1.82) is 0 Å². The topological polar surface area (TPSA) is 102 Å². The number of hydrogen-bond acceptors (Lipinski definition) is 5. The van der Waals surface area contributed by atoms with Gasteiger partial charge in [0.25, 0.3) is 0 Å². The van der Waals surface area contributed by atoms with Crippen molar-refractivity contribution < 1.29 is 19.8 Å². The number of nitrogens with one attached hydrogen (secondary N) is 2. The van der Waals surface area contributed by atoms with Crippen LogP contribution in [0.15, 0.2) is 0 Å². The van der Waals surface area contributed by atoms with Crippen molar-refractivity contribution in [3.8, 4) is 0 Å². The van der Waals surface area contributed by atoms with Crippen molar-refractivity contribution in [2.24, 2.45) is 0 Å². The molecule has 0 radical (unpaired) electrons. The summed E-state index contributed by atoms with van der Waals surface area (Å²) in [6.45, 7) is 7.54. The summed E-state index contributed by atoms with van der Waals surface area (Å²) in [6.07, 6.45) is 12.3. The second-order valence-corrected chi connectivity index (χ2v) is 9.31. The Bertz CT molecular complexity index is 501. The molecule has 182 valence electrons. The van der Waals surface area contributed by atoms with Crippen LogP contribution in [0.2, 0.25) is 0 Å². The van der Waals surface area contributed by atoms with Gasteiger partial charge >= 0.3 is 0 Å². The van der Waals surface area contributed by atoms with Gasteiger partial charge in [0.2, 0.25) is 11.8 Å². The molecule has 0 aliphatic carbocycles. The van der Waals surface area contributed by atoms with E-state index in [0.29, 0.717) is 19.5 Å². The average molecular weight is 442 g/mol. The first-order chi connectivity index (χ1) is 14.8. The molecule has 1 aliphatic rings. The van der Waals surface area contributed by atoms with Gasteiger partial charge in [-0.3, -0.25) is 14.5 Å². The lowest BCUT2D eigenvalue weighted by molar-refractivity contribution is -0.136. The zero-order chi connectivity index (χ0) is 23.1. The molecule has 0 spiro atoms. The number of piperazine rings is 1. The third-order valence-electron chi connectivity index (χ3n) is 5.98. The Balaban J connectivity index is 2.21. The van der Waals surface area contributed by atoms with E-state index in [4.69, 9.17) is 0 Å². The summed E-state index contributed by atoms with van der Waals surface area (Å²) >= 11 is 0. The first kappa shape index (κ1) is 27.9. The molecule has 0 aromatic carbocycles. The number of nitrogens with zero attached hydrogens (tertiary/aromatic N) is 1. The Morgan fingerprint density at radius 3 is 2.16 bits per heavy atom. The van der Waals surface area contributed by atoms with E-state index >= 15 is 0 Å². The van der Waals surface area contributed by atoms with Crippen LogP contribution in [0.4, 0.5) is 0 Å². The summed E-state index contributed by atoms with van der Waals surface area (Å²) in [5.41, 5.74) is 0. The normalized spacial score (nSPS) is 21.1. The van der Waals surface area contributed by atoms with Gasteiger partial charge in [0, 0.05) is 13.1 Å². The van der Waals surface area contributed by atoms with Gasteiger partial charge < -0.3 is 20.8 Å². The smallest absolute Gasteiger partial charge is 0.243 e. The van der Waals surface area contributed by atoms with Crippen LogP contribution in [0.1, 0.15) is 97.8 Å². The largest absolute Gasteiger partial charge is 0.392 e. The van der Waals surface area contributed by atoms with Crippen LogP contribution in [-0.2, 0) is 9.59 Å². The van der Waals surface area contributed by atoms with E-state index in [9.17, 15) is 19.8 Å². The molecule has 0 saturated carbocycles. The minimum atomic E-state index is -0.465. The molecule has 7 nitrogen and oxygen atoms in total. The van der Waals surface area contributed by atoms with Gasteiger partial charge in [0.1, 0.15) is 12.1 Å². The number of carbonyl (C=O) groups excluding carboxylic acids is 2. The van der Waals surface area contributed by atoms with E-state index in [1.54, 1.807) is 13.8 Å². The van der Waals surface area contributed by atoms with Crippen LogP contribution in [-0.4, -0.2) is 70.9 Å². The van der Waals surface area contributed by atoms with Gasteiger partial charge in [-0.05, 0) is 46.1 Å². The minimum Gasteiger partial charge on any atom is -0.392 e. The quantitative estimate of drug-likeness (QED) is 0.245. The van der Waals surface area contributed by atoms with Crippen LogP contribution in [0.3, 0.4) is 0 Å². The minimum absolute atomic E-state index is 0.117. The predicted molar refractivity (Wildman–Crippen MR) is 125 cm³/mol. The molecule has 1 rings (SSSR count). The third-order valence-corrected chi connectivity index (χ3v) is 5.98. The average Bonchev–Trinajstić information content (AvgIpc) is 2.70. The predicted octanol–water partition coefficient (Wildman–Crippen LogP) is 2.73. The molecule has 1 heterocycles. The number of amides is 2. The maximum atomic E-state index is 12.0. The lowest BCUT2D eigenvalue weighted by atomic mass is 10.0. The van der Waals surface area contributed by atoms with Gasteiger partial charge in [-0.2, -0.15) is 0 Å². The molecule has 0 bridgehead atoms. The van der Waals surface area contributed by atoms with Crippen molar-refractivity contribution in [1.82, 2.24) is 15.5 Å². The maximum Gasteiger partial charge on any atom is 0.243 e. The fourth-order valence-corrected chi connectivity index (χ4v) is 4.16. The number of aliphatic hydroxyl groups is 2. The molecule has 1 fully saturated rings. The molecule has 1 aliphatic heterocycles. The molecule has 4 N–H and O–H groups in total. The summed E-state index contributed by atoms with van der Waals surface area (Å²) in [5, 5.41) is 25.7. The lowest BCUT2D eigenvalue weighted by Gasteiger charge is -2.28. The summed E-state index contributed by atoms with van der Waals surface area (Å²) in [7, 11) is 0. The van der Waals surface area contributed by atoms with Crippen LogP contribution < -0.4 is 10.6 Å². The van der Waals surface area contributed by atoms with Crippen molar-refractivity contribution in [3.63, 3.8) is 0 Å². The summed E-state index contributed by atoms with van der Waals surface area (Å²) in [6, 6.07) is -0.922. The lowest BCUT2D eigenvalue weighted by Crippen LogP contribution is -2.60. The Morgan fingerprint density at radius 2 is 1.52 bits per heavy atom. The number of hydrogen-bond donors (Lipinski definition) is 4. The highest BCUT2D eigenvalue weighted by molar-refractivity contribution is 5.96. The zero-order valence-electron chi connectivity index (χ0n) is 20.1. The van der Waals surface area contributed by atoms with Crippen LogP contribution in [0, 0.1) is 0 Å². The van der Waals surface area contributed by atoms with Gasteiger partial charge in [-0.15, -0.1) is 0 Å². The Hall–Kier alpha value is -1.18. The van der Waals surface area contributed by atoms with E-state index < -0.39 is 18.2 Å². The van der Waals surface area contributed by atoms with Crippen LogP contribution in [0.5, 0.6) is 0 Å². The number of carbonyl (C=O) groups is 2. The Morgan fingerprint density at radius 1 is 0.871 bits per heavy atom. The van der Waals surface area contributed by atoms with Gasteiger partial charge in [-0.1, -0.05) is 58.3 Å². The molecule has 0 aromatic rings. The van der Waals surface area contributed by atoms with Crippen LogP contribution >= 0.6 is 0 Å². The third kappa shape index (κ3) is 13.1. The number of rotatable bonds is 18. The first-order valence-corrected chi connectivity index (χ1v) is 12.5. The fraction of sp³-hybridized carbons (Fsp3) is 0.917. The molecule has 4 unspecified atom stereocenters. The van der Waals surface area contributed by atoms with E-state index in [0.717, 1.165) is 32.2 Å². The highest BCUT2D eigenvalue weighted by Gasteiger charge is 2.30. The molecule has 1 saturated heterocycles. The monoisotopic (exact) mass is 441 g/mol. The first-order valence-electron chi connectivity index (χ1n) is 12.5. The molecular formula is C24H47N3O4. The summed E-state index contributed by atoms with van der Waals surface area (Å²) in [4.78, 5) is 25.8. The van der Waals surface area contributed by atoms with Gasteiger partial charge in [0.15, 0.2) is 0 Å². The van der Waals surface area contributed by atoms with E-state index in [1.165, 1.54) is 44.9 Å². The van der Waals surface area contributed by atoms with Crippen molar-refractivity contribution in [2.45, 2.75) is 122 Å². The summed E-state index contributed by atoms with van der Waals surface area (Å²) < 4.78 is 0. The van der Waals surface area contributed by atoms with Crippen LogP contribution in [0.25, 0.3) is 0 Å². The highest BCUT2D eigenvalue weighted by atomic mass is 16.3. The number of aliphatic hydroxyl groups excluding tert-OH is 2. The number of unbranched alkanes of at least 4 members (excludes halogenated alkanes) is 8. The molecule has 4 atom stereocenters. The highest BCUT2D eigenvalue weighted by Crippen LogP contribution is 2.12. The second-order valence-electron chi connectivity index (χ2n) is 9.31. The zero-order valence-corrected chi connectivity index (χ0v) is 20.1. The van der Waals surface area contributed by atoms with E-state index in [-0.39, 0.29) is 17.9 Å². The fourth-order valence-electron chi connectivity index (χ4n) is 4.16. The second kappa shape index (κ2) is 16.5. The van der Waals surface area contributed by atoms with Crippen molar-refractivity contribution >= 4 is 11.8 Å². The van der Waals surface area contributed by atoms with Crippen molar-refractivity contribution in [3.05, 3.63) is 0 Å². The molecule has 0 aromatic heterocycles. The van der Waals surface area contributed by atoms with Gasteiger partial charge in [0.05, 0.1) is 12.2 Å².